The molecule has 2 rings (SSSR count). The predicted octanol–water partition coefficient (Wildman–Crippen LogP) is 3.69. The van der Waals surface area contributed by atoms with Crippen molar-refractivity contribution < 1.29 is 4.79 Å². The van der Waals surface area contributed by atoms with Crippen molar-refractivity contribution in [2.24, 2.45) is 0 Å². The number of amides is 1. The van der Waals surface area contributed by atoms with E-state index in [0.717, 1.165) is 17.7 Å². The molecule has 0 unspecified atom stereocenters. The second-order valence-corrected chi connectivity index (χ2v) is 5.01. The van der Waals surface area contributed by atoms with Crippen molar-refractivity contribution in [3.05, 3.63) is 29.3 Å². The number of rotatable bonds is 2. The molecule has 1 aromatic rings. The molecule has 0 atom stereocenters. The molecule has 0 aromatic heterocycles. The van der Waals surface area contributed by atoms with Gasteiger partial charge in [0.1, 0.15) is 0 Å². The minimum Gasteiger partial charge on any atom is -0.344 e. The summed E-state index contributed by atoms with van der Waals surface area (Å²) in [6.07, 6.45) is 3.44. The Labute approximate surface area is 98.4 Å². The molecule has 0 bridgehead atoms. The Morgan fingerprint density at radius 1 is 1.40 bits per heavy atom. The number of thioether (sulfide) groups is 1. The number of carbonyl (C=O) groups is 1. The van der Waals surface area contributed by atoms with Gasteiger partial charge in [-0.05, 0) is 43.2 Å². The lowest BCUT2D eigenvalue weighted by molar-refractivity contribution is 0.249. The Morgan fingerprint density at radius 2 is 2.13 bits per heavy atom. The molecule has 4 heteroatoms. The Balaban J connectivity index is 1.90. The molecule has 0 radical (unpaired) electrons. The summed E-state index contributed by atoms with van der Waals surface area (Å²) in [7, 11) is 0. The van der Waals surface area contributed by atoms with Crippen LogP contribution in [0.2, 0.25) is 5.02 Å². The van der Waals surface area contributed by atoms with Crippen LogP contribution in [-0.2, 0) is 0 Å². The minimum atomic E-state index is -0.00667. The van der Waals surface area contributed by atoms with Crippen molar-refractivity contribution in [1.29, 1.82) is 0 Å². The van der Waals surface area contributed by atoms with Crippen LogP contribution in [0.4, 0.5) is 4.79 Å². The summed E-state index contributed by atoms with van der Waals surface area (Å²) in [4.78, 5) is 12.4. The minimum absolute atomic E-state index is 0.00667. The van der Waals surface area contributed by atoms with Crippen LogP contribution in [0, 0.1) is 0 Å². The smallest absolute Gasteiger partial charge is 0.284 e. The molecule has 1 aromatic carbocycles. The Bertz CT molecular complexity index is 365. The van der Waals surface area contributed by atoms with Crippen molar-refractivity contribution in [2.45, 2.75) is 30.2 Å². The first-order chi connectivity index (χ1) is 7.25. The van der Waals surface area contributed by atoms with E-state index in [0.29, 0.717) is 11.1 Å². The highest BCUT2D eigenvalue weighted by Gasteiger charge is 2.20. The number of hydrogen-bond donors (Lipinski definition) is 1. The van der Waals surface area contributed by atoms with Gasteiger partial charge in [0.05, 0.1) is 5.02 Å². The standard InChI is InChI=1S/C11H12ClNOS/c12-9-6-1-2-7-10(9)15-11(14)13-8-4-3-5-8/h1-2,6-8H,3-5H2,(H,13,14). The fraction of sp³-hybridized carbons (Fsp3) is 0.364. The molecular formula is C11H12ClNOS. The fourth-order valence-corrected chi connectivity index (χ4v) is 2.37. The molecule has 2 nitrogen and oxygen atoms in total. The zero-order chi connectivity index (χ0) is 10.7. The van der Waals surface area contributed by atoms with Crippen molar-refractivity contribution in [1.82, 2.24) is 5.32 Å². The van der Waals surface area contributed by atoms with Gasteiger partial charge in [0.25, 0.3) is 5.24 Å². The van der Waals surface area contributed by atoms with Crippen molar-refractivity contribution >= 4 is 28.6 Å². The van der Waals surface area contributed by atoms with Gasteiger partial charge in [0.2, 0.25) is 0 Å². The number of hydrogen-bond acceptors (Lipinski definition) is 2. The Morgan fingerprint density at radius 3 is 2.73 bits per heavy atom. The van der Waals surface area contributed by atoms with Gasteiger partial charge in [-0.1, -0.05) is 23.7 Å². The third kappa shape index (κ3) is 2.89. The van der Waals surface area contributed by atoms with E-state index in [4.69, 9.17) is 11.6 Å². The van der Waals surface area contributed by atoms with Crippen LogP contribution in [-0.4, -0.2) is 11.3 Å². The first-order valence-corrected chi connectivity index (χ1v) is 6.18. The van der Waals surface area contributed by atoms with E-state index in [9.17, 15) is 4.79 Å². The van der Waals surface area contributed by atoms with Gasteiger partial charge in [-0.15, -0.1) is 0 Å². The van der Waals surface area contributed by atoms with Crippen LogP contribution in [0.5, 0.6) is 0 Å². The van der Waals surface area contributed by atoms with Gasteiger partial charge in [-0.3, -0.25) is 4.79 Å². The molecule has 1 aliphatic carbocycles. The summed E-state index contributed by atoms with van der Waals surface area (Å²) in [6, 6.07) is 7.77. The van der Waals surface area contributed by atoms with Gasteiger partial charge in [0, 0.05) is 10.9 Å². The van der Waals surface area contributed by atoms with Gasteiger partial charge < -0.3 is 5.32 Å². The third-order valence-corrected chi connectivity index (χ3v) is 3.79. The lowest BCUT2D eigenvalue weighted by Gasteiger charge is -2.25. The van der Waals surface area contributed by atoms with Crippen LogP contribution < -0.4 is 5.32 Å². The summed E-state index contributed by atoms with van der Waals surface area (Å²) in [6.45, 7) is 0. The largest absolute Gasteiger partial charge is 0.344 e. The highest BCUT2D eigenvalue weighted by atomic mass is 35.5. The van der Waals surface area contributed by atoms with Crippen LogP contribution in [0.3, 0.4) is 0 Å². The molecule has 15 heavy (non-hydrogen) atoms. The maximum absolute atomic E-state index is 11.6. The second kappa shape index (κ2) is 4.90. The van der Waals surface area contributed by atoms with E-state index in [1.807, 2.05) is 18.2 Å². The van der Waals surface area contributed by atoms with Gasteiger partial charge in [-0.25, -0.2) is 0 Å². The molecular weight excluding hydrogens is 230 g/mol. The fourth-order valence-electron chi connectivity index (χ4n) is 1.38. The summed E-state index contributed by atoms with van der Waals surface area (Å²) in [5.74, 6) is 0. The molecule has 1 saturated carbocycles. The Kier molecular flexibility index (Phi) is 3.54. The summed E-state index contributed by atoms with van der Waals surface area (Å²) >= 11 is 7.12. The molecule has 0 aliphatic heterocycles. The van der Waals surface area contributed by atoms with E-state index in [1.54, 1.807) is 6.07 Å². The summed E-state index contributed by atoms with van der Waals surface area (Å²) < 4.78 is 0. The molecule has 0 heterocycles. The van der Waals surface area contributed by atoms with E-state index < -0.39 is 0 Å². The molecule has 1 amide bonds. The number of benzene rings is 1. The predicted molar refractivity (Wildman–Crippen MR) is 63.5 cm³/mol. The maximum Gasteiger partial charge on any atom is 0.284 e. The zero-order valence-corrected chi connectivity index (χ0v) is 9.77. The first-order valence-electron chi connectivity index (χ1n) is 4.98. The average molecular weight is 242 g/mol. The number of halogens is 1. The summed E-state index contributed by atoms with van der Waals surface area (Å²) in [5, 5.41) is 3.58. The molecule has 1 fully saturated rings. The molecule has 80 valence electrons. The summed E-state index contributed by atoms with van der Waals surface area (Å²) in [5.41, 5.74) is 0. The SMILES string of the molecule is O=C(NC1CCC1)Sc1ccccc1Cl. The maximum atomic E-state index is 11.6. The van der Waals surface area contributed by atoms with Crippen LogP contribution >= 0.6 is 23.4 Å². The monoisotopic (exact) mass is 241 g/mol. The third-order valence-electron chi connectivity index (χ3n) is 2.47. The van der Waals surface area contributed by atoms with E-state index in [2.05, 4.69) is 5.32 Å². The Hall–Kier alpha value is -0.670. The van der Waals surface area contributed by atoms with E-state index >= 15 is 0 Å². The highest BCUT2D eigenvalue weighted by Crippen LogP contribution is 2.28. The highest BCUT2D eigenvalue weighted by molar-refractivity contribution is 8.13. The van der Waals surface area contributed by atoms with Gasteiger partial charge in [0.15, 0.2) is 0 Å². The average Bonchev–Trinajstić information content (AvgIpc) is 2.16. The lowest BCUT2D eigenvalue weighted by atomic mass is 9.94. The number of carbonyl (C=O) groups excluding carboxylic acids is 1. The van der Waals surface area contributed by atoms with Crippen molar-refractivity contribution in [2.75, 3.05) is 0 Å². The zero-order valence-electron chi connectivity index (χ0n) is 8.20. The van der Waals surface area contributed by atoms with Gasteiger partial charge in [-0.2, -0.15) is 0 Å². The molecule has 0 saturated heterocycles. The van der Waals surface area contributed by atoms with Crippen molar-refractivity contribution in [3.8, 4) is 0 Å². The normalized spacial score (nSPS) is 15.8. The lowest BCUT2D eigenvalue weighted by Crippen LogP contribution is -2.37. The second-order valence-electron chi connectivity index (χ2n) is 3.59. The van der Waals surface area contributed by atoms with Crippen molar-refractivity contribution in [3.63, 3.8) is 0 Å². The van der Waals surface area contributed by atoms with E-state index in [-0.39, 0.29) is 5.24 Å². The molecule has 0 spiro atoms. The van der Waals surface area contributed by atoms with Crippen LogP contribution in [0.25, 0.3) is 0 Å². The topological polar surface area (TPSA) is 29.1 Å². The van der Waals surface area contributed by atoms with Crippen LogP contribution in [0.1, 0.15) is 19.3 Å². The molecule has 1 N–H and O–H groups in total. The quantitative estimate of drug-likeness (QED) is 0.800. The molecule has 1 aliphatic rings. The number of nitrogens with one attached hydrogen (secondary N) is 1. The van der Waals surface area contributed by atoms with Gasteiger partial charge >= 0.3 is 0 Å². The first kappa shape index (κ1) is 10.8. The van der Waals surface area contributed by atoms with E-state index in [1.165, 1.54) is 18.2 Å². The van der Waals surface area contributed by atoms with Crippen LogP contribution in [0.15, 0.2) is 29.2 Å².